The van der Waals surface area contributed by atoms with Gasteiger partial charge in [-0.05, 0) is 25.2 Å². The van der Waals surface area contributed by atoms with E-state index in [4.69, 9.17) is 10.2 Å². The summed E-state index contributed by atoms with van der Waals surface area (Å²) >= 11 is 0. The smallest absolute Gasteiger partial charge is 0.326 e. The fraction of sp³-hybridized carbons (Fsp3) is 0.727. The molecule has 0 aromatic heterocycles. The van der Waals surface area contributed by atoms with Gasteiger partial charge in [0.2, 0.25) is 0 Å². The Kier molecular flexibility index (Phi) is 5.41. The van der Waals surface area contributed by atoms with Gasteiger partial charge in [0.05, 0.1) is 0 Å². The highest BCUT2D eigenvalue weighted by atomic mass is 16.4. The molecule has 1 unspecified atom stereocenters. The van der Waals surface area contributed by atoms with Gasteiger partial charge in [-0.2, -0.15) is 0 Å². The lowest BCUT2D eigenvalue weighted by molar-refractivity contribution is -0.140. The quantitative estimate of drug-likeness (QED) is 0.527. The van der Waals surface area contributed by atoms with Gasteiger partial charge in [-0.1, -0.05) is 6.42 Å². The van der Waals surface area contributed by atoms with Gasteiger partial charge in [-0.25, -0.2) is 9.59 Å². The number of amides is 2. The number of hydrogen-bond donors (Lipinski definition) is 4. The molecule has 1 aliphatic rings. The first-order valence-electron chi connectivity index (χ1n) is 5.98. The maximum absolute atomic E-state index is 11.4. The second-order valence-electron chi connectivity index (χ2n) is 4.47. The molecular formula is C11H18N2O5. The van der Waals surface area contributed by atoms with Crippen molar-refractivity contribution in [3.8, 4) is 0 Å². The highest BCUT2D eigenvalue weighted by Crippen LogP contribution is 2.24. The summed E-state index contributed by atoms with van der Waals surface area (Å²) < 4.78 is 0. The molecule has 0 radical (unpaired) electrons. The number of rotatable bonds is 7. The van der Waals surface area contributed by atoms with Gasteiger partial charge in [-0.3, -0.25) is 4.79 Å². The van der Waals surface area contributed by atoms with Gasteiger partial charge < -0.3 is 20.8 Å². The van der Waals surface area contributed by atoms with Crippen LogP contribution in [0.2, 0.25) is 0 Å². The van der Waals surface area contributed by atoms with Crippen molar-refractivity contribution < 1.29 is 24.6 Å². The van der Waals surface area contributed by atoms with E-state index < -0.39 is 24.0 Å². The topological polar surface area (TPSA) is 116 Å². The molecule has 4 N–H and O–H groups in total. The predicted octanol–water partition coefficient (Wildman–Crippen LogP) is 0.404. The summed E-state index contributed by atoms with van der Waals surface area (Å²) in [6.45, 7) is 0.539. The summed E-state index contributed by atoms with van der Waals surface area (Å²) in [6, 6.07) is -1.72. The molecule has 7 nitrogen and oxygen atoms in total. The third kappa shape index (κ3) is 5.03. The molecule has 0 heterocycles. The number of carbonyl (C=O) groups is 3. The Labute approximate surface area is 105 Å². The molecule has 1 aliphatic carbocycles. The van der Waals surface area contributed by atoms with E-state index in [-0.39, 0.29) is 12.8 Å². The lowest BCUT2D eigenvalue weighted by atomic mass is 9.85. The summed E-state index contributed by atoms with van der Waals surface area (Å²) in [5.41, 5.74) is 0. The van der Waals surface area contributed by atoms with Crippen LogP contribution in [-0.2, 0) is 9.59 Å². The number of nitrogens with one attached hydrogen (secondary N) is 2. The minimum absolute atomic E-state index is 0.123. The van der Waals surface area contributed by atoms with E-state index in [1.807, 2.05) is 0 Å². The highest BCUT2D eigenvalue weighted by Gasteiger charge is 2.22. The van der Waals surface area contributed by atoms with Crippen LogP contribution >= 0.6 is 0 Å². The average Bonchev–Trinajstić information content (AvgIpc) is 2.21. The summed E-state index contributed by atoms with van der Waals surface area (Å²) in [6.07, 6.45) is 2.93. The third-order valence-electron chi connectivity index (χ3n) is 3.03. The van der Waals surface area contributed by atoms with Crippen molar-refractivity contribution in [2.45, 2.75) is 38.1 Å². The molecule has 0 saturated heterocycles. The van der Waals surface area contributed by atoms with E-state index in [0.717, 1.165) is 12.8 Å². The third-order valence-corrected chi connectivity index (χ3v) is 3.03. The van der Waals surface area contributed by atoms with Crippen molar-refractivity contribution in [2.24, 2.45) is 5.92 Å². The van der Waals surface area contributed by atoms with Crippen molar-refractivity contribution in [1.29, 1.82) is 0 Å². The fourth-order valence-electron chi connectivity index (χ4n) is 1.67. The number of aliphatic carboxylic acids is 2. The van der Waals surface area contributed by atoms with Crippen LogP contribution in [0.5, 0.6) is 0 Å². The zero-order valence-corrected chi connectivity index (χ0v) is 10.0. The Morgan fingerprint density at radius 1 is 1.22 bits per heavy atom. The Hall–Kier alpha value is -1.79. The standard InChI is InChI=1S/C11H18N2O5/c14-9(15)5-4-8(10(16)17)13-11(18)12-6-7-2-1-3-7/h7-8H,1-6H2,(H,14,15)(H,16,17)(H2,12,13,18). The summed E-state index contributed by atoms with van der Waals surface area (Å²) in [4.78, 5) is 32.6. The molecule has 2 amide bonds. The molecule has 1 saturated carbocycles. The van der Waals surface area contributed by atoms with Gasteiger partial charge in [0.1, 0.15) is 6.04 Å². The Balaban J connectivity index is 2.27. The van der Waals surface area contributed by atoms with E-state index >= 15 is 0 Å². The summed E-state index contributed by atoms with van der Waals surface area (Å²) in [5.74, 6) is -1.83. The van der Waals surface area contributed by atoms with Crippen LogP contribution < -0.4 is 10.6 Å². The second-order valence-corrected chi connectivity index (χ2v) is 4.47. The molecule has 0 aromatic rings. The van der Waals surface area contributed by atoms with Crippen molar-refractivity contribution in [3.63, 3.8) is 0 Å². The zero-order valence-electron chi connectivity index (χ0n) is 10.0. The normalized spacial score (nSPS) is 16.4. The Morgan fingerprint density at radius 2 is 1.89 bits per heavy atom. The lowest BCUT2D eigenvalue weighted by Crippen LogP contribution is -2.47. The first kappa shape index (κ1) is 14.3. The van der Waals surface area contributed by atoms with Crippen molar-refractivity contribution >= 4 is 18.0 Å². The van der Waals surface area contributed by atoms with Crippen LogP contribution in [-0.4, -0.2) is 40.8 Å². The van der Waals surface area contributed by atoms with Crippen LogP contribution in [0.15, 0.2) is 0 Å². The molecule has 0 aliphatic heterocycles. The van der Waals surface area contributed by atoms with E-state index in [0.29, 0.717) is 12.5 Å². The molecule has 7 heteroatoms. The molecule has 18 heavy (non-hydrogen) atoms. The fourth-order valence-corrected chi connectivity index (χ4v) is 1.67. The van der Waals surface area contributed by atoms with Gasteiger partial charge in [0.25, 0.3) is 0 Å². The van der Waals surface area contributed by atoms with Crippen LogP contribution in [0.1, 0.15) is 32.1 Å². The number of urea groups is 1. The lowest BCUT2D eigenvalue weighted by Gasteiger charge is -2.25. The number of carbonyl (C=O) groups excluding carboxylic acids is 1. The van der Waals surface area contributed by atoms with Gasteiger partial charge >= 0.3 is 18.0 Å². The summed E-state index contributed by atoms with van der Waals surface area (Å²) in [5, 5.41) is 22.2. The molecule has 1 atom stereocenters. The molecule has 0 aromatic carbocycles. The average molecular weight is 258 g/mol. The first-order chi connectivity index (χ1) is 8.49. The minimum Gasteiger partial charge on any atom is -0.481 e. The van der Waals surface area contributed by atoms with Crippen LogP contribution in [0.4, 0.5) is 4.79 Å². The van der Waals surface area contributed by atoms with E-state index in [1.54, 1.807) is 0 Å². The van der Waals surface area contributed by atoms with Crippen molar-refractivity contribution in [2.75, 3.05) is 6.54 Å². The number of hydrogen-bond acceptors (Lipinski definition) is 3. The minimum atomic E-state index is -1.23. The van der Waals surface area contributed by atoms with Crippen LogP contribution in [0.3, 0.4) is 0 Å². The summed E-state index contributed by atoms with van der Waals surface area (Å²) in [7, 11) is 0. The van der Waals surface area contributed by atoms with E-state index in [1.165, 1.54) is 6.42 Å². The van der Waals surface area contributed by atoms with Gasteiger partial charge in [0, 0.05) is 13.0 Å². The van der Waals surface area contributed by atoms with Crippen LogP contribution in [0, 0.1) is 5.92 Å². The molecule has 0 spiro atoms. The van der Waals surface area contributed by atoms with Crippen molar-refractivity contribution in [3.05, 3.63) is 0 Å². The second kappa shape index (κ2) is 6.83. The molecule has 0 bridgehead atoms. The van der Waals surface area contributed by atoms with Gasteiger partial charge in [-0.15, -0.1) is 0 Å². The maximum atomic E-state index is 11.4. The van der Waals surface area contributed by atoms with E-state index in [9.17, 15) is 14.4 Å². The highest BCUT2D eigenvalue weighted by molar-refractivity contribution is 5.82. The molecule has 102 valence electrons. The van der Waals surface area contributed by atoms with E-state index in [2.05, 4.69) is 10.6 Å². The SMILES string of the molecule is O=C(O)CCC(NC(=O)NCC1CCC1)C(=O)O. The molecular weight excluding hydrogens is 240 g/mol. The zero-order chi connectivity index (χ0) is 13.5. The number of carboxylic acid groups (broad SMARTS) is 2. The Bertz CT molecular complexity index is 327. The van der Waals surface area contributed by atoms with Gasteiger partial charge in [0.15, 0.2) is 0 Å². The Morgan fingerprint density at radius 3 is 2.33 bits per heavy atom. The van der Waals surface area contributed by atoms with Crippen LogP contribution in [0.25, 0.3) is 0 Å². The van der Waals surface area contributed by atoms with Crippen molar-refractivity contribution in [1.82, 2.24) is 10.6 Å². The first-order valence-corrected chi connectivity index (χ1v) is 5.98. The maximum Gasteiger partial charge on any atom is 0.326 e. The monoisotopic (exact) mass is 258 g/mol. The molecule has 1 rings (SSSR count). The largest absolute Gasteiger partial charge is 0.481 e. The molecule has 1 fully saturated rings. The number of carboxylic acids is 2. The predicted molar refractivity (Wildman–Crippen MR) is 62.2 cm³/mol.